The monoisotopic (exact) mass is 317 g/mol. The van der Waals surface area contributed by atoms with Gasteiger partial charge in [-0.1, -0.05) is 69.3 Å². The first-order valence-corrected chi connectivity index (χ1v) is 8.27. The first-order chi connectivity index (χ1) is 11.5. The van der Waals surface area contributed by atoms with Gasteiger partial charge in [0.25, 0.3) is 0 Å². The van der Waals surface area contributed by atoms with Gasteiger partial charge in [0.05, 0.1) is 11.4 Å². The van der Waals surface area contributed by atoms with E-state index >= 15 is 0 Å². The largest absolute Gasteiger partial charge is 0.487 e. The molecule has 0 aliphatic rings. The van der Waals surface area contributed by atoms with Crippen LogP contribution in [0.4, 0.5) is 0 Å². The van der Waals surface area contributed by atoms with Crippen LogP contribution >= 0.6 is 0 Å². The van der Waals surface area contributed by atoms with Crippen molar-refractivity contribution in [1.82, 2.24) is 4.98 Å². The zero-order chi connectivity index (χ0) is 17.0. The second kappa shape index (κ2) is 6.88. The fourth-order valence-corrected chi connectivity index (χ4v) is 2.54. The van der Waals surface area contributed by atoms with Crippen LogP contribution in [0, 0.1) is 0 Å². The van der Waals surface area contributed by atoms with Crippen molar-refractivity contribution < 1.29 is 4.74 Å². The Bertz CT molecular complexity index is 786. The average molecular weight is 317 g/mol. The van der Waals surface area contributed by atoms with E-state index in [1.165, 1.54) is 5.56 Å². The highest BCUT2D eigenvalue weighted by Gasteiger charge is 2.13. The maximum atomic E-state index is 5.89. The predicted molar refractivity (Wildman–Crippen MR) is 99.1 cm³/mol. The van der Waals surface area contributed by atoms with Gasteiger partial charge in [-0.25, -0.2) is 4.98 Å². The van der Waals surface area contributed by atoms with Crippen molar-refractivity contribution in [3.8, 4) is 17.0 Å². The summed E-state index contributed by atoms with van der Waals surface area (Å²) >= 11 is 0. The van der Waals surface area contributed by atoms with E-state index in [0.717, 1.165) is 22.7 Å². The third-order valence-corrected chi connectivity index (χ3v) is 3.98. The van der Waals surface area contributed by atoms with Gasteiger partial charge in [0, 0.05) is 5.56 Å². The van der Waals surface area contributed by atoms with Gasteiger partial charge in [0.1, 0.15) is 12.4 Å². The van der Waals surface area contributed by atoms with Crippen LogP contribution in [0.3, 0.4) is 0 Å². The summed E-state index contributed by atoms with van der Waals surface area (Å²) in [5, 5.41) is 0. The van der Waals surface area contributed by atoms with E-state index in [2.05, 4.69) is 50.0 Å². The van der Waals surface area contributed by atoms with E-state index in [4.69, 9.17) is 4.74 Å². The normalized spacial score (nSPS) is 11.3. The van der Waals surface area contributed by atoms with Crippen LogP contribution in [0.2, 0.25) is 0 Å². The zero-order valence-electron chi connectivity index (χ0n) is 14.5. The van der Waals surface area contributed by atoms with Crippen LogP contribution in [0.1, 0.15) is 32.0 Å². The highest BCUT2D eigenvalue weighted by molar-refractivity contribution is 5.58. The Morgan fingerprint density at radius 2 is 1.50 bits per heavy atom. The SMILES string of the molecule is CC(C)(C)c1ccc(OCc2cccc(-c3ccccc3)n2)cc1. The molecule has 0 saturated heterocycles. The van der Waals surface area contributed by atoms with E-state index in [-0.39, 0.29) is 5.41 Å². The molecule has 0 unspecified atom stereocenters. The molecule has 0 fully saturated rings. The number of ether oxygens (including phenoxy) is 1. The van der Waals surface area contributed by atoms with Gasteiger partial charge < -0.3 is 4.74 Å². The van der Waals surface area contributed by atoms with Crippen molar-refractivity contribution in [2.75, 3.05) is 0 Å². The molecule has 0 amide bonds. The number of aromatic nitrogens is 1. The summed E-state index contributed by atoms with van der Waals surface area (Å²) in [6, 6.07) is 24.6. The summed E-state index contributed by atoms with van der Waals surface area (Å²) in [6.45, 7) is 7.10. The second-order valence-corrected chi connectivity index (χ2v) is 6.94. The summed E-state index contributed by atoms with van der Waals surface area (Å²) in [5.74, 6) is 0.870. The topological polar surface area (TPSA) is 22.1 Å². The van der Waals surface area contributed by atoms with Crippen molar-refractivity contribution in [3.05, 3.63) is 84.1 Å². The summed E-state index contributed by atoms with van der Waals surface area (Å²) in [7, 11) is 0. The molecule has 1 heterocycles. The Labute approximate surface area is 144 Å². The van der Waals surface area contributed by atoms with Crippen LogP contribution in [0.5, 0.6) is 5.75 Å². The third-order valence-electron chi connectivity index (χ3n) is 3.98. The van der Waals surface area contributed by atoms with Crippen molar-refractivity contribution in [3.63, 3.8) is 0 Å². The fraction of sp³-hybridized carbons (Fsp3) is 0.227. The first kappa shape index (κ1) is 16.3. The van der Waals surface area contributed by atoms with Crippen LogP contribution in [0.25, 0.3) is 11.3 Å². The van der Waals surface area contributed by atoms with Crippen molar-refractivity contribution in [2.24, 2.45) is 0 Å². The molecule has 0 aliphatic carbocycles. The lowest BCUT2D eigenvalue weighted by Crippen LogP contribution is -2.10. The van der Waals surface area contributed by atoms with Crippen LogP contribution in [-0.4, -0.2) is 4.98 Å². The summed E-state index contributed by atoms with van der Waals surface area (Å²) in [5.41, 5.74) is 4.48. The van der Waals surface area contributed by atoms with Gasteiger partial charge in [-0.2, -0.15) is 0 Å². The maximum absolute atomic E-state index is 5.89. The molecule has 24 heavy (non-hydrogen) atoms. The molecular weight excluding hydrogens is 294 g/mol. The molecule has 3 rings (SSSR count). The van der Waals surface area contributed by atoms with Gasteiger partial charge in [0.15, 0.2) is 0 Å². The molecule has 2 heteroatoms. The number of benzene rings is 2. The highest BCUT2D eigenvalue weighted by Crippen LogP contribution is 2.24. The van der Waals surface area contributed by atoms with Gasteiger partial charge in [0.2, 0.25) is 0 Å². The zero-order valence-corrected chi connectivity index (χ0v) is 14.5. The lowest BCUT2D eigenvalue weighted by Gasteiger charge is -2.19. The maximum Gasteiger partial charge on any atom is 0.130 e. The summed E-state index contributed by atoms with van der Waals surface area (Å²) in [6.07, 6.45) is 0. The average Bonchev–Trinajstić information content (AvgIpc) is 2.61. The molecule has 0 N–H and O–H groups in total. The van der Waals surface area contributed by atoms with E-state index in [9.17, 15) is 0 Å². The smallest absolute Gasteiger partial charge is 0.130 e. The Morgan fingerprint density at radius 1 is 0.792 bits per heavy atom. The number of rotatable bonds is 4. The van der Waals surface area contributed by atoms with E-state index in [1.54, 1.807) is 0 Å². The molecule has 2 aromatic carbocycles. The molecule has 0 bridgehead atoms. The van der Waals surface area contributed by atoms with Crippen molar-refractivity contribution in [1.29, 1.82) is 0 Å². The van der Waals surface area contributed by atoms with E-state index in [0.29, 0.717) is 6.61 Å². The van der Waals surface area contributed by atoms with Crippen molar-refractivity contribution in [2.45, 2.75) is 32.8 Å². The number of pyridine rings is 1. The molecule has 122 valence electrons. The van der Waals surface area contributed by atoms with Crippen LogP contribution in [0.15, 0.2) is 72.8 Å². The molecule has 0 atom stereocenters. The van der Waals surface area contributed by atoms with Crippen molar-refractivity contribution >= 4 is 0 Å². The van der Waals surface area contributed by atoms with Gasteiger partial charge in [-0.3, -0.25) is 0 Å². The minimum absolute atomic E-state index is 0.157. The predicted octanol–water partition coefficient (Wildman–Crippen LogP) is 5.63. The molecule has 0 aliphatic heterocycles. The van der Waals surface area contributed by atoms with Crippen LogP contribution < -0.4 is 4.74 Å². The Kier molecular flexibility index (Phi) is 4.66. The second-order valence-electron chi connectivity index (χ2n) is 6.94. The molecule has 1 aromatic heterocycles. The molecule has 0 radical (unpaired) electrons. The minimum atomic E-state index is 0.157. The standard InChI is InChI=1S/C22H23NO/c1-22(2,3)18-12-14-20(15-13-18)24-16-19-10-7-11-21(23-19)17-8-5-4-6-9-17/h4-15H,16H2,1-3H3. The van der Waals surface area contributed by atoms with Gasteiger partial charge in [-0.05, 0) is 35.2 Å². The summed E-state index contributed by atoms with van der Waals surface area (Å²) in [4.78, 5) is 4.69. The van der Waals surface area contributed by atoms with Gasteiger partial charge >= 0.3 is 0 Å². The summed E-state index contributed by atoms with van der Waals surface area (Å²) < 4.78 is 5.89. The Morgan fingerprint density at radius 3 is 2.17 bits per heavy atom. The molecule has 3 aromatic rings. The lowest BCUT2D eigenvalue weighted by molar-refractivity contribution is 0.301. The minimum Gasteiger partial charge on any atom is -0.487 e. The van der Waals surface area contributed by atoms with E-state index < -0.39 is 0 Å². The molecule has 2 nitrogen and oxygen atoms in total. The molecular formula is C22H23NO. The first-order valence-electron chi connectivity index (χ1n) is 8.27. The number of hydrogen-bond acceptors (Lipinski definition) is 2. The van der Waals surface area contributed by atoms with Gasteiger partial charge in [-0.15, -0.1) is 0 Å². The third kappa shape index (κ3) is 4.02. The lowest BCUT2D eigenvalue weighted by atomic mass is 9.87. The Hall–Kier alpha value is -2.61. The highest BCUT2D eigenvalue weighted by atomic mass is 16.5. The van der Waals surface area contributed by atoms with Crippen LogP contribution in [-0.2, 0) is 12.0 Å². The Balaban J connectivity index is 1.69. The fourth-order valence-electron chi connectivity index (χ4n) is 2.54. The number of hydrogen-bond donors (Lipinski definition) is 0. The quantitative estimate of drug-likeness (QED) is 0.622. The number of nitrogens with zero attached hydrogens (tertiary/aromatic N) is 1. The molecule has 0 saturated carbocycles. The molecule has 0 spiro atoms. The van der Waals surface area contributed by atoms with E-state index in [1.807, 2.05) is 48.5 Å².